The first kappa shape index (κ1) is 15.8. The Morgan fingerprint density at radius 2 is 2.05 bits per heavy atom. The lowest BCUT2D eigenvalue weighted by Crippen LogP contribution is -2.18. The molecule has 0 aliphatic heterocycles. The summed E-state index contributed by atoms with van der Waals surface area (Å²) >= 11 is 5.78. The van der Waals surface area contributed by atoms with Gasteiger partial charge in [-0.3, -0.25) is 4.79 Å². The lowest BCUT2D eigenvalue weighted by atomic mass is 9.94. The minimum absolute atomic E-state index is 0.00135. The molecule has 1 rings (SSSR count). The standard InChI is InChI=1S/C13H14ClF3O2/c14-11-5-1-3-9(8-11)7-10(12(18)19)4-2-6-13(15,16)17/h1,3,5,8,10H,2,4,6-7H2,(H,18,19). The second-order valence-corrected chi connectivity index (χ2v) is 4.81. The van der Waals surface area contributed by atoms with Crippen LogP contribution in [-0.4, -0.2) is 17.3 Å². The van der Waals surface area contributed by atoms with Gasteiger partial charge in [0.15, 0.2) is 0 Å². The zero-order chi connectivity index (χ0) is 14.5. The van der Waals surface area contributed by atoms with Crippen molar-refractivity contribution in [2.24, 2.45) is 5.92 Å². The van der Waals surface area contributed by atoms with E-state index in [1.54, 1.807) is 24.3 Å². The highest BCUT2D eigenvalue weighted by molar-refractivity contribution is 6.30. The van der Waals surface area contributed by atoms with Crippen molar-refractivity contribution in [1.82, 2.24) is 0 Å². The predicted molar refractivity (Wildman–Crippen MR) is 66.2 cm³/mol. The van der Waals surface area contributed by atoms with Crippen molar-refractivity contribution >= 4 is 17.6 Å². The first-order chi connectivity index (χ1) is 8.78. The number of rotatable bonds is 6. The van der Waals surface area contributed by atoms with Gasteiger partial charge in [-0.2, -0.15) is 13.2 Å². The highest BCUT2D eigenvalue weighted by atomic mass is 35.5. The van der Waals surface area contributed by atoms with Crippen molar-refractivity contribution < 1.29 is 23.1 Å². The molecule has 0 aliphatic rings. The first-order valence-electron chi connectivity index (χ1n) is 5.82. The van der Waals surface area contributed by atoms with Gasteiger partial charge in [-0.15, -0.1) is 0 Å². The molecular weight excluding hydrogens is 281 g/mol. The van der Waals surface area contributed by atoms with E-state index in [1.165, 1.54) is 0 Å². The Labute approximate surface area is 114 Å². The number of hydrogen-bond donors (Lipinski definition) is 1. The Kier molecular flexibility index (Phi) is 5.66. The number of aliphatic carboxylic acids is 1. The van der Waals surface area contributed by atoms with Crippen LogP contribution in [0.4, 0.5) is 13.2 Å². The summed E-state index contributed by atoms with van der Waals surface area (Å²) in [4.78, 5) is 11.0. The van der Waals surface area contributed by atoms with Crippen molar-refractivity contribution in [2.45, 2.75) is 31.9 Å². The van der Waals surface area contributed by atoms with E-state index in [0.29, 0.717) is 10.6 Å². The molecule has 19 heavy (non-hydrogen) atoms. The molecule has 0 heterocycles. The van der Waals surface area contributed by atoms with Crippen molar-refractivity contribution in [3.63, 3.8) is 0 Å². The fourth-order valence-corrected chi connectivity index (χ4v) is 2.02. The average molecular weight is 295 g/mol. The topological polar surface area (TPSA) is 37.3 Å². The van der Waals surface area contributed by atoms with Crippen LogP contribution in [-0.2, 0) is 11.2 Å². The molecule has 1 aromatic rings. The molecule has 0 amide bonds. The summed E-state index contributed by atoms with van der Waals surface area (Å²) in [5, 5.41) is 9.50. The van der Waals surface area contributed by atoms with E-state index in [-0.39, 0.29) is 19.3 Å². The Bertz CT molecular complexity index is 432. The van der Waals surface area contributed by atoms with Gasteiger partial charge in [-0.25, -0.2) is 0 Å². The summed E-state index contributed by atoms with van der Waals surface area (Å²) in [5.74, 6) is -1.90. The van der Waals surface area contributed by atoms with Crippen LogP contribution >= 0.6 is 11.6 Å². The molecule has 106 valence electrons. The van der Waals surface area contributed by atoms with E-state index < -0.39 is 24.5 Å². The molecule has 2 nitrogen and oxygen atoms in total. The van der Waals surface area contributed by atoms with E-state index in [4.69, 9.17) is 16.7 Å². The summed E-state index contributed by atoms with van der Waals surface area (Å²) in [5.41, 5.74) is 0.715. The van der Waals surface area contributed by atoms with Crippen molar-refractivity contribution in [3.8, 4) is 0 Å². The minimum Gasteiger partial charge on any atom is -0.481 e. The monoisotopic (exact) mass is 294 g/mol. The van der Waals surface area contributed by atoms with Gasteiger partial charge in [0, 0.05) is 11.4 Å². The summed E-state index contributed by atoms with van der Waals surface area (Å²) in [6.07, 6.45) is -5.18. The number of benzene rings is 1. The highest BCUT2D eigenvalue weighted by Gasteiger charge is 2.28. The van der Waals surface area contributed by atoms with Crippen LogP contribution in [0.25, 0.3) is 0 Å². The maximum absolute atomic E-state index is 12.0. The van der Waals surface area contributed by atoms with Crippen molar-refractivity contribution in [1.29, 1.82) is 0 Å². The van der Waals surface area contributed by atoms with Crippen LogP contribution in [0, 0.1) is 5.92 Å². The Hall–Kier alpha value is -1.23. The van der Waals surface area contributed by atoms with Gasteiger partial charge in [-0.05, 0) is 37.0 Å². The van der Waals surface area contributed by atoms with Gasteiger partial charge < -0.3 is 5.11 Å². The number of hydrogen-bond acceptors (Lipinski definition) is 1. The van der Waals surface area contributed by atoms with Gasteiger partial charge in [0.05, 0.1) is 5.92 Å². The van der Waals surface area contributed by atoms with E-state index >= 15 is 0 Å². The Balaban J connectivity index is 2.56. The summed E-state index contributed by atoms with van der Waals surface area (Å²) in [7, 11) is 0. The normalized spacial score (nSPS) is 13.3. The van der Waals surface area contributed by atoms with Gasteiger partial charge in [0.2, 0.25) is 0 Å². The fourth-order valence-electron chi connectivity index (χ4n) is 1.81. The van der Waals surface area contributed by atoms with E-state index in [0.717, 1.165) is 0 Å². The summed E-state index contributed by atoms with van der Waals surface area (Å²) in [6, 6.07) is 6.68. The molecule has 0 aliphatic carbocycles. The molecule has 0 spiro atoms. The van der Waals surface area contributed by atoms with Gasteiger partial charge in [0.25, 0.3) is 0 Å². The molecule has 1 atom stereocenters. The van der Waals surface area contributed by atoms with Crippen molar-refractivity contribution in [2.75, 3.05) is 0 Å². The molecule has 0 saturated carbocycles. The second-order valence-electron chi connectivity index (χ2n) is 4.38. The van der Waals surface area contributed by atoms with Gasteiger partial charge in [-0.1, -0.05) is 23.7 Å². The third-order valence-electron chi connectivity index (χ3n) is 2.73. The maximum Gasteiger partial charge on any atom is 0.389 e. The molecular formula is C13H14ClF3O2. The number of halogens is 4. The number of carbonyl (C=O) groups is 1. The van der Waals surface area contributed by atoms with Gasteiger partial charge in [0.1, 0.15) is 0 Å². The van der Waals surface area contributed by atoms with Crippen LogP contribution in [0.1, 0.15) is 24.8 Å². The van der Waals surface area contributed by atoms with Crippen LogP contribution in [0.15, 0.2) is 24.3 Å². The van der Waals surface area contributed by atoms with Crippen LogP contribution < -0.4 is 0 Å². The van der Waals surface area contributed by atoms with Crippen LogP contribution in [0.5, 0.6) is 0 Å². The number of carboxylic acids is 1. The molecule has 0 bridgehead atoms. The smallest absolute Gasteiger partial charge is 0.389 e. The average Bonchev–Trinajstić information content (AvgIpc) is 2.26. The fraction of sp³-hybridized carbons (Fsp3) is 0.462. The molecule has 1 N–H and O–H groups in total. The quantitative estimate of drug-likeness (QED) is 0.848. The lowest BCUT2D eigenvalue weighted by molar-refractivity contribution is -0.145. The van der Waals surface area contributed by atoms with E-state index in [1.807, 2.05) is 0 Å². The SMILES string of the molecule is O=C(O)C(CCCC(F)(F)F)Cc1cccc(Cl)c1. The third-order valence-corrected chi connectivity index (χ3v) is 2.97. The Morgan fingerprint density at radius 3 is 2.58 bits per heavy atom. The number of carboxylic acid groups (broad SMARTS) is 1. The summed E-state index contributed by atoms with van der Waals surface area (Å²) in [6.45, 7) is 0. The maximum atomic E-state index is 12.0. The predicted octanol–water partition coefficient (Wildman–Crippen LogP) is 4.32. The van der Waals surface area contributed by atoms with Crippen LogP contribution in [0.2, 0.25) is 5.02 Å². The molecule has 6 heteroatoms. The second kappa shape index (κ2) is 6.80. The lowest BCUT2D eigenvalue weighted by Gasteiger charge is -2.13. The van der Waals surface area contributed by atoms with Crippen LogP contribution in [0.3, 0.4) is 0 Å². The Morgan fingerprint density at radius 1 is 1.37 bits per heavy atom. The number of alkyl halides is 3. The van der Waals surface area contributed by atoms with Gasteiger partial charge >= 0.3 is 12.1 Å². The zero-order valence-electron chi connectivity index (χ0n) is 10.1. The minimum atomic E-state index is -4.24. The van der Waals surface area contributed by atoms with E-state index in [9.17, 15) is 18.0 Å². The molecule has 0 saturated heterocycles. The van der Waals surface area contributed by atoms with Crippen molar-refractivity contribution in [3.05, 3.63) is 34.9 Å². The third kappa shape index (κ3) is 6.47. The largest absolute Gasteiger partial charge is 0.481 e. The molecule has 0 aromatic heterocycles. The first-order valence-corrected chi connectivity index (χ1v) is 6.20. The molecule has 1 unspecified atom stereocenters. The molecule has 1 aromatic carbocycles. The molecule has 0 fully saturated rings. The highest BCUT2D eigenvalue weighted by Crippen LogP contribution is 2.25. The van der Waals surface area contributed by atoms with E-state index in [2.05, 4.69) is 0 Å². The molecule has 0 radical (unpaired) electrons. The zero-order valence-corrected chi connectivity index (χ0v) is 10.8. The summed E-state index contributed by atoms with van der Waals surface area (Å²) < 4.78 is 36.1.